The van der Waals surface area contributed by atoms with Gasteiger partial charge in [0.25, 0.3) is 5.69 Å². The molecule has 0 radical (unpaired) electrons. The smallest absolute Gasteiger partial charge is 0.344 e. The van der Waals surface area contributed by atoms with Crippen molar-refractivity contribution in [3.63, 3.8) is 0 Å². The van der Waals surface area contributed by atoms with Crippen LogP contribution < -0.4 is 4.74 Å². The van der Waals surface area contributed by atoms with Crippen molar-refractivity contribution in [3.05, 3.63) is 94.0 Å². The fraction of sp³-hybridized carbons (Fsp3) is 0.0476. The number of nitrogens with zero attached hydrogens (tertiary/aromatic N) is 1. The molecule has 28 heavy (non-hydrogen) atoms. The van der Waals surface area contributed by atoms with Crippen LogP contribution in [0.1, 0.15) is 27.6 Å². The largest absolute Gasteiger partial charge is 0.423 e. The highest BCUT2D eigenvalue weighted by Gasteiger charge is 2.19. The van der Waals surface area contributed by atoms with Crippen LogP contribution in [0.25, 0.3) is 0 Å². The van der Waals surface area contributed by atoms with Crippen LogP contribution in [0.2, 0.25) is 0 Å². The first-order valence-electron chi connectivity index (χ1n) is 8.29. The molecule has 0 atom stereocenters. The van der Waals surface area contributed by atoms with Crippen LogP contribution in [0.3, 0.4) is 0 Å². The van der Waals surface area contributed by atoms with Gasteiger partial charge in [0, 0.05) is 16.5 Å². The summed E-state index contributed by atoms with van der Waals surface area (Å²) in [5, 5.41) is 11.2. The van der Waals surface area contributed by atoms with Gasteiger partial charge in [0.1, 0.15) is 5.75 Å². The molecular weight excluding hydrogens is 378 g/mol. The maximum Gasteiger partial charge on any atom is 0.344 e. The monoisotopic (exact) mass is 393 g/mol. The summed E-state index contributed by atoms with van der Waals surface area (Å²) >= 11 is 1.13. The van der Waals surface area contributed by atoms with Crippen molar-refractivity contribution < 1.29 is 19.2 Å². The zero-order valence-corrected chi connectivity index (χ0v) is 15.6. The Labute approximate surface area is 165 Å². The molecule has 0 aromatic heterocycles. The third kappa shape index (κ3) is 4.44. The molecule has 3 aromatic rings. The lowest BCUT2D eigenvalue weighted by molar-refractivity contribution is -0.387. The third-order valence-corrected chi connectivity index (χ3v) is 5.00. The van der Waals surface area contributed by atoms with Crippen molar-refractivity contribution in [2.24, 2.45) is 0 Å². The number of esters is 1. The fourth-order valence-corrected chi connectivity index (χ4v) is 3.50. The van der Waals surface area contributed by atoms with E-state index in [-0.39, 0.29) is 11.5 Å². The first-order chi connectivity index (χ1) is 13.5. The van der Waals surface area contributed by atoms with E-state index in [4.69, 9.17) is 4.74 Å². The summed E-state index contributed by atoms with van der Waals surface area (Å²) in [7, 11) is 0. The lowest BCUT2D eigenvalue weighted by Gasteiger charge is -2.09. The molecular formula is C21H15NO5S. The van der Waals surface area contributed by atoms with E-state index in [0.29, 0.717) is 26.7 Å². The van der Waals surface area contributed by atoms with E-state index in [1.54, 1.807) is 66.7 Å². The molecule has 0 bridgehead atoms. The highest BCUT2D eigenvalue weighted by atomic mass is 32.2. The average molecular weight is 393 g/mol. The minimum absolute atomic E-state index is 0.0320. The second kappa shape index (κ2) is 8.49. The lowest BCUT2D eigenvalue weighted by Crippen LogP contribution is -2.10. The van der Waals surface area contributed by atoms with Gasteiger partial charge in [-0.15, -0.1) is 0 Å². The van der Waals surface area contributed by atoms with Gasteiger partial charge in [0.05, 0.1) is 15.4 Å². The number of benzene rings is 3. The molecule has 0 unspecified atom stereocenters. The van der Waals surface area contributed by atoms with E-state index in [1.165, 1.54) is 13.0 Å². The average Bonchev–Trinajstić information content (AvgIpc) is 2.69. The van der Waals surface area contributed by atoms with Crippen molar-refractivity contribution in [2.75, 3.05) is 0 Å². The molecule has 0 spiro atoms. The van der Waals surface area contributed by atoms with Gasteiger partial charge in [0.2, 0.25) is 0 Å². The molecule has 0 aliphatic rings. The number of hydrogen-bond acceptors (Lipinski definition) is 6. The molecule has 140 valence electrons. The fourth-order valence-electron chi connectivity index (χ4n) is 2.46. The molecule has 0 N–H and O–H groups in total. The number of carbonyl (C=O) groups is 2. The normalized spacial score (nSPS) is 10.3. The molecule has 3 aromatic carbocycles. The van der Waals surface area contributed by atoms with Crippen LogP contribution in [-0.4, -0.2) is 16.7 Å². The predicted octanol–water partition coefficient (Wildman–Crippen LogP) is 5.17. The summed E-state index contributed by atoms with van der Waals surface area (Å²) in [6.07, 6.45) is 0. The van der Waals surface area contributed by atoms with Crippen molar-refractivity contribution in [1.29, 1.82) is 0 Å². The molecule has 0 heterocycles. The van der Waals surface area contributed by atoms with Crippen molar-refractivity contribution in [1.82, 2.24) is 0 Å². The molecule has 7 heteroatoms. The number of rotatable bonds is 6. The maximum absolute atomic E-state index is 12.6. The highest BCUT2D eigenvalue weighted by molar-refractivity contribution is 7.99. The van der Waals surface area contributed by atoms with E-state index >= 15 is 0 Å². The third-order valence-electron chi connectivity index (χ3n) is 3.86. The number of para-hydroxylation sites is 1. The second-order valence-corrected chi connectivity index (χ2v) is 6.88. The van der Waals surface area contributed by atoms with Gasteiger partial charge >= 0.3 is 5.97 Å². The van der Waals surface area contributed by atoms with Crippen LogP contribution in [0, 0.1) is 10.1 Å². The molecule has 3 rings (SSSR count). The summed E-state index contributed by atoms with van der Waals surface area (Å²) in [6, 6.07) is 19.3. The Balaban J connectivity index is 1.85. The molecule has 0 aliphatic heterocycles. The molecule has 6 nitrogen and oxygen atoms in total. The Morgan fingerprint density at radius 3 is 2.14 bits per heavy atom. The van der Waals surface area contributed by atoms with Crippen LogP contribution >= 0.6 is 11.8 Å². The number of hydrogen-bond donors (Lipinski definition) is 0. The van der Waals surface area contributed by atoms with Gasteiger partial charge in [0.15, 0.2) is 5.78 Å². The SMILES string of the molecule is CC(=O)c1ccc(OC(=O)c2ccccc2Sc2ccccc2[N+](=O)[O-])cc1. The number of ether oxygens (including phenoxy) is 1. The van der Waals surface area contributed by atoms with E-state index in [9.17, 15) is 19.7 Å². The number of nitro groups is 1. The molecule has 0 saturated heterocycles. The highest BCUT2D eigenvalue weighted by Crippen LogP contribution is 2.36. The van der Waals surface area contributed by atoms with Crippen LogP contribution in [-0.2, 0) is 0 Å². The summed E-state index contributed by atoms with van der Waals surface area (Å²) in [4.78, 5) is 35.7. The quantitative estimate of drug-likeness (QED) is 0.189. The molecule has 0 amide bonds. The van der Waals surface area contributed by atoms with Gasteiger partial charge < -0.3 is 4.74 Å². The number of nitro benzene ring substituents is 1. The van der Waals surface area contributed by atoms with E-state index in [2.05, 4.69) is 0 Å². The Hall–Kier alpha value is -3.45. The topological polar surface area (TPSA) is 86.5 Å². The van der Waals surface area contributed by atoms with Crippen molar-refractivity contribution in [3.8, 4) is 5.75 Å². The lowest BCUT2D eigenvalue weighted by atomic mass is 10.1. The Kier molecular flexibility index (Phi) is 5.86. The minimum Gasteiger partial charge on any atom is -0.423 e. The van der Waals surface area contributed by atoms with E-state index in [1.807, 2.05) is 0 Å². The predicted molar refractivity (Wildman–Crippen MR) is 105 cm³/mol. The molecule has 0 fully saturated rings. The van der Waals surface area contributed by atoms with Crippen LogP contribution in [0.4, 0.5) is 5.69 Å². The zero-order valence-electron chi connectivity index (χ0n) is 14.8. The van der Waals surface area contributed by atoms with Crippen LogP contribution in [0.5, 0.6) is 5.75 Å². The van der Waals surface area contributed by atoms with Crippen molar-refractivity contribution >= 4 is 29.2 Å². The summed E-state index contributed by atoms with van der Waals surface area (Å²) < 4.78 is 5.39. The summed E-state index contributed by atoms with van der Waals surface area (Å²) in [6.45, 7) is 1.46. The van der Waals surface area contributed by atoms with Gasteiger partial charge in [-0.1, -0.05) is 36.0 Å². The first-order valence-corrected chi connectivity index (χ1v) is 9.11. The Morgan fingerprint density at radius 2 is 1.50 bits per heavy atom. The van der Waals surface area contributed by atoms with Crippen LogP contribution in [0.15, 0.2) is 82.6 Å². The van der Waals surface area contributed by atoms with Gasteiger partial charge in [-0.05, 0) is 49.4 Å². The van der Waals surface area contributed by atoms with E-state index < -0.39 is 10.9 Å². The Bertz CT molecular complexity index is 1050. The number of carbonyl (C=O) groups excluding carboxylic acids is 2. The summed E-state index contributed by atoms with van der Waals surface area (Å²) in [5.74, 6) is -0.359. The zero-order chi connectivity index (χ0) is 20.1. The van der Waals surface area contributed by atoms with E-state index in [0.717, 1.165) is 11.8 Å². The standard InChI is InChI=1S/C21H15NO5S/c1-14(23)15-10-12-16(13-11-15)27-21(24)17-6-2-4-8-19(17)28-20-9-5-3-7-18(20)22(25)26/h2-13H,1H3. The van der Waals surface area contributed by atoms with Crippen molar-refractivity contribution in [2.45, 2.75) is 16.7 Å². The summed E-state index contributed by atoms with van der Waals surface area (Å²) in [5.41, 5.74) is 0.781. The first kappa shape index (κ1) is 19.3. The number of Topliss-reactive ketones (excluding diaryl/α,β-unsaturated/α-hetero) is 1. The Morgan fingerprint density at radius 1 is 0.893 bits per heavy atom. The van der Waals surface area contributed by atoms with Gasteiger partial charge in [-0.25, -0.2) is 4.79 Å². The maximum atomic E-state index is 12.6. The molecule has 0 saturated carbocycles. The number of ketones is 1. The minimum atomic E-state index is -0.586. The molecule has 0 aliphatic carbocycles. The second-order valence-electron chi connectivity index (χ2n) is 5.79. The van der Waals surface area contributed by atoms with Gasteiger partial charge in [-0.3, -0.25) is 14.9 Å². The van der Waals surface area contributed by atoms with Gasteiger partial charge in [-0.2, -0.15) is 0 Å².